The molecular formula is C6H10BrN5. The first-order valence-corrected chi connectivity index (χ1v) is 4.11. The molecule has 0 amide bonds. The zero-order valence-corrected chi connectivity index (χ0v) is 8.46. The average Bonchev–Trinajstić information content (AvgIpc) is 1.81. The number of hydrogen-bond donors (Lipinski definition) is 2. The van der Waals surface area contributed by atoms with Crippen LogP contribution in [0.15, 0.2) is 10.7 Å². The Morgan fingerprint density at radius 2 is 2.17 bits per heavy atom. The molecule has 0 bridgehead atoms. The Labute approximate surface area is 79.1 Å². The summed E-state index contributed by atoms with van der Waals surface area (Å²) in [6.45, 7) is 0. The SMILES string of the molecule is CN(C)Nc1nc(N)cc(Br)n1. The predicted molar refractivity (Wildman–Crippen MR) is 51.5 cm³/mol. The summed E-state index contributed by atoms with van der Waals surface area (Å²) in [6, 6.07) is 1.64. The van der Waals surface area contributed by atoms with Crippen LogP contribution in [0.4, 0.5) is 11.8 Å². The van der Waals surface area contributed by atoms with Crippen LogP contribution in [0.5, 0.6) is 0 Å². The van der Waals surface area contributed by atoms with Gasteiger partial charge in [-0.25, -0.2) is 9.99 Å². The van der Waals surface area contributed by atoms with E-state index in [2.05, 4.69) is 31.3 Å². The predicted octanol–water partition coefficient (Wildman–Crippen LogP) is 0.710. The van der Waals surface area contributed by atoms with E-state index in [1.807, 2.05) is 14.1 Å². The van der Waals surface area contributed by atoms with E-state index in [1.165, 1.54) is 0 Å². The summed E-state index contributed by atoms with van der Waals surface area (Å²) in [5.74, 6) is 0.910. The van der Waals surface area contributed by atoms with Gasteiger partial charge in [-0.3, -0.25) is 5.43 Å². The lowest BCUT2D eigenvalue weighted by molar-refractivity contribution is 0.489. The number of nitrogens with zero attached hydrogens (tertiary/aromatic N) is 3. The maximum absolute atomic E-state index is 5.50. The van der Waals surface area contributed by atoms with Crippen molar-refractivity contribution >= 4 is 27.7 Å². The number of anilines is 2. The van der Waals surface area contributed by atoms with Gasteiger partial charge in [0.05, 0.1) is 0 Å². The molecule has 0 saturated heterocycles. The fourth-order valence-corrected chi connectivity index (χ4v) is 1.09. The van der Waals surface area contributed by atoms with E-state index in [4.69, 9.17) is 5.73 Å². The van der Waals surface area contributed by atoms with Crippen molar-refractivity contribution in [3.8, 4) is 0 Å². The molecule has 0 fully saturated rings. The summed E-state index contributed by atoms with van der Waals surface area (Å²) in [6.07, 6.45) is 0. The number of hydrazine groups is 1. The van der Waals surface area contributed by atoms with Gasteiger partial charge in [0.25, 0.3) is 0 Å². The highest BCUT2D eigenvalue weighted by molar-refractivity contribution is 9.10. The van der Waals surface area contributed by atoms with E-state index in [0.29, 0.717) is 16.4 Å². The zero-order valence-electron chi connectivity index (χ0n) is 6.87. The Hall–Kier alpha value is -0.880. The molecule has 12 heavy (non-hydrogen) atoms. The first-order chi connectivity index (χ1) is 5.58. The molecule has 0 atom stereocenters. The summed E-state index contributed by atoms with van der Waals surface area (Å²) in [5, 5.41) is 1.74. The molecule has 1 heterocycles. The van der Waals surface area contributed by atoms with Gasteiger partial charge in [-0.05, 0) is 15.9 Å². The van der Waals surface area contributed by atoms with Crippen molar-refractivity contribution in [2.45, 2.75) is 0 Å². The van der Waals surface area contributed by atoms with Gasteiger partial charge in [0.1, 0.15) is 10.4 Å². The molecule has 6 heteroatoms. The smallest absolute Gasteiger partial charge is 0.240 e. The highest BCUT2D eigenvalue weighted by atomic mass is 79.9. The van der Waals surface area contributed by atoms with Gasteiger partial charge < -0.3 is 5.73 Å². The lowest BCUT2D eigenvalue weighted by Gasteiger charge is -2.11. The van der Waals surface area contributed by atoms with Gasteiger partial charge in [-0.1, -0.05) is 0 Å². The van der Waals surface area contributed by atoms with Crippen molar-refractivity contribution in [3.05, 3.63) is 10.7 Å². The fourth-order valence-electron chi connectivity index (χ4n) is 0.685. The summed E-state index contributed by atoms with van der Waals surface area (Å²) < 4.78 is 0.666. The molecule has 0 radical (unpaired) electrons. The second-order valence-corrected chi connectivity index (χ2v) is 3.26. The van der Waals surface area contributed by atoms with E-state index < -0.39 is 0 Å². The number of aromatic nitrogens is 2. The van der Waals surface area contributed by atoms with Crippen LogP contribution >= 0.6 is 15.9 Å². The largest absolute Gasteiger partial charge is 0.383 e. The molecule has 0 aliphatic carbocycles. The van der Waals surface area contributed by atoms with Crippen LogP contribution in [0.1, 0.15) is 0 Å². The third kappa shape index (κ3) is 2.63. The number of nitrogen functional groups attached to an aromatic ring is 1. The maximum atomic E-state index is 5.50. The highest BCUT2D eigenvalue weighted by Gasteiger charge is 1.99. The minimum absolute atomic E-state index is 0.432. The number of rotatable bonds is 2. The fraction of sp³-hybridized carbons (Fsp3) is 0.333. The molecular weight excluding hydrogens is 222 g/mol. The number of nitrogens with one attached hydrogen (secondary N) is 1. The van der Waals surface area contributed by atoms with Crippen molar-refractivity contribution in [1.29, 1.82) is 0 Å². The molecule has 0 unspecified atom stereocenters. The molecule has 0 saturated carbocycles. The lowest BCUT2D eigenvalue weighted by atomic mass is 10.6. The molecule has 0 aliphatic rings. The lowest BCUT2D eigenvalue weighted by Crippen LogP contribution is -2.21. The third-order valence-corrected chi connectivity index (χ3v) is 1.44. The topological polar surface area (TPSA) is 67.1 Å². The van der Waals surface area contributed by atoms with Crippen molar-refractivity contribution in [2.24, 2.45) is 0 Å². The first-order valence-electron chi connectivity index (χ1n) is 3.32. The zero-order chi connectivity index (χ0) is 9.14. The number of hydrogen-bond acceptors (Lipinski definition) is 5. The minimum atomic E-state index is 0.432. The van der Waals surface area contributed by atoms with Gasteiger partial charge in [0.2, 0.25) is 5.95 Å². The Kier molecular flexibility index (Phi) is 2.83. The van der Waals surface area contributed by atoms with Gasteiger partial charge in [0.15, 0.2) is 0 Å². The van der Waals surface area contributed by atoms with E-state index in [-0.39, 0.29) is 0 Å². The molecule has 1 aromatic rings. The summed E-state index contributed by atoms with van der Waals surface area (Å²) >= 11 is 3.21. The van der Waals surface area contributed by atoms with Gasteiger partial charge in [-0.2, -0.15) is 4.98 Å². The molecule has 66 valence electrons. The van der Waals surface area contributed by atoms with Crippen LogP contribution in [-0.2, 0) is 0 Å². The van der Waals surface area contributed by atoms with Gasteiger partial charge in [0, 0.05) is 20.2 Å². The molecule has 1 aromatic heterocycles. The molecule has 0 aliphatic heterocycles. The normalized spacial score (nSPS) is 10.3. The van der Waals surface area contributed by atoms with Crippen molar-refractivity contribution in [2.75, 3.05) is 25.3 Å². The second-order valence-electron chi connectivity index (χ2n) is 2.45. The van der Waals surface area contributed by atoms with E-state index in [0.717, 1.165) is 0 Å². The summed E-state index contributed by atoms with van der Waals surface area (Å²) in [5.41, 5.74) is 8.38. The van der Waals surface area contributed by atoms with Crippen molar-refractivity contribution in [3.63, 3.8) is 0 Å². The number of halogens is 1. The Morgan fingerprint density at radius 3 is 2.67 bits per heavy atom. The Bertz CT molecular complexity index is 254. The minimum Gasteiger partial charge on any atom is -0.383 e. The van der Waals surface area contributed by atoms with E-state index in [1.54, 1.807) is 11.1 Å². The average molecular weight is 232 g/mol. The standard InChI is InChI=1S/C6H10BrN5/c1-12(2)11-6-9-4(7)3-5(8)10-6/h3H,1-2H3,(H3,8,9,10,11). The van der Waals surface area contributed by atoms with Crippen LogP contribution in [-0.4, -0.2) is 29.1 Å². The number of nitrogens with two attached hydrogens (primary N) is 1. The summed E-state index contributed by atoms with van der Waals surface area (Å²) in [7, 11) is 3.70. The molecule has 1 rings (SSSR count). The molecule has 3 N–H and O–H groups in total. The molecule has 0 spiro atoms. The van der Waals surface area contributed by atoms with E-state index in [9.17, 15) is 0 Å². The van der Waals surface area contributed by atoms with Gasteiger partial charge in [-0.15, -0.1) is 0 Å². The van der Waals surface area contributed by atoms with Crippen molar-refractivity contribution < 1.29 is 0 Å². The summed E-state index contributed by atoms with van der Waals surface area (Å²) in [4.78, 5) is 8.00. The molecule has 0 aromatic carbocycles. The van der Waals surface area contributed by atoms with E-state index >= 15 is 0 Å². The van der Waals surface area contributed by atoms with Gasteiger partial charge >= 0.3 is 0 Å². The van der Waals surface area contributed by atoms with Crippen LogP contribution in [0.3, 0.4) is 0 Å². The third-order valence-electron chi connectivity index (χ3n) is 1.04. The van der Waals surface area contributed by atoms with Crippen LogP contribution < -0.4 is 11.2 Å². The Morgan fingerprint density at radius 1 is 1.50 bits per heavy atom. The molecule has 5 nitrogen and oxygen atoms in total. The second kappa shape index (κ2) is 3.68. The monoisotopic (exact) mass is 231 g/mol. The Balaban J connectivity index is 2.85. The quantitative estimate of drug-likeness (QED) is 0.580. The van der Waals surface area contributed by atoms with Crippen LogP contribution in [0, 0.1) is 0 Å². The first kappa shape index (κ1) is 9.21. The highest BCUT2D eigenvalue weighted by Crippen LogP contribution is 2.11. The van der Waals surface area contributed by atoms with Crippen LogP contribution in [0.2, 0.25) is 0 Å². The maximum Gasteiger partial charge on any atom is 0.240 e. The van der Waals surface area contributed by atoms with Crippen LogP contribution in [0.25, 0.3) is 0 Å². The van der Waals surface area contributed by atoms with Crippen molar-refractivity contribution in [1.82, 2.24) is 15.0 Å².